The molecule has 2 unspecified atom stereocenters. The third kappa shape index (κ3) is 5.72. The molecule has 2 N–H and O–H groups in total. The minimum Gasteiger partial charge on any atom is -0.340 e. The number of piperidine rings is 1. The molecule has 0 spiro atoms. The van der Waals surface area contributed by atoms with Gasteiger partial charge in [-0.2, -0.15) is 0 Å². The second-order valence-corrected chi connectivity index (χ2v) is 7.51. The van der Waals surface area contributed by atoms with Gasteiger partial charge < -0.3 is 15.5 Å². The molecule has 0 radical (unpaired) electrons. The van der Waals surface area contributed by atoms with Crippen molar-refractivity contribution in [3.05, 3.63) is 34.9 Å². The predicted molar refractivity (Wildman–Crippen MR) is 101 cm³/mol. The molecule has 1 saturated heterocycles. The molecule has 2 rings (SSSR count). The van der Waals surface area contributed by atoms with Crippen LogP contribution in [0.1, 0.15) is 43.5 Å². The smallest absolute Gasteiger partial charge is 0.251 e. The molecule has 6 heteroatoms. The summed E-state index contributed by atoms with van der Waals surface area (Å²) >= 11 is 5.87. The summed E-state index contributed by atoms with van der Waals surface area (Å²) in [5, 5.41) is 6.75. The number of carbonyl (C=O) groups excluding carboxylic acids is 2. The molecule has 138 valence electrons. The van der Waals surface area contributed by atoms with Crippen LogP contribution >= 0.6 is 11.6 Å². The average molecular weight is 366 g/mol. The van der Waals surface area contributed by atoms with Crippen molar-refractivity contribution in [2.45, 2.75) is 45.2 Å². The second-order valence-electron chi connectivity index (χ2n) is 7.07. The third-order valence-corrected chi connectivity index (χ3v) is 4.81. The zero-order valence-electron chi connectivity index (χ0n) is 15.2. The zero-order valence-corrected chi connectivity index (χ0v) is 16.0. The highest BCUT2D eigenvalue weighted by Crippen LogP contribution is 2.15. The van der Waals surface area contributed by atoms with E-state index < -0.39 is 6.04 Å². The summed E-state index contributed by atoms with van der Waals surface area (Å²) in [4.78, 5) is 27.4. The van der Waals surface area contributed by atoms with Crippen LogP contribution in [0.3, 0.4) is 0 Å². The van der Waals surface area contributed by atoms with Crippen molar-refractivity contribution in [1.29, 1.82) is 0 Å². The van der Waals surface area contributed by atoms with Crippen LogP contribution in [-0.4, -0.2) is 48.9 Å². The maximum atomic E-state index is 13.0. The molecule has 1 fully saturated rings. The van der Waals surface area contributed by atoms with Crippen LogP contribution in [-0.2, 0) is 4.79 Å². The van der Waals surface area contributed by atoms with Crippen molar-refractivity contribution in [3.63, 3.8) is 0 Å². The van der Waals surface area contributed by atoms with Gasteiger partial charge in [0.05, 0.1) is 0 Å². The molecule has 25 heavy (non-hydrogen) atoms. The lowest BCUT2D eigenvalue weighted by atomic mass is 9.99. The summed E-state index contributed by atoms with van der Waals surface area (Å²) < 4.78 is 0. The van der Waals surface area contributed by atoms with Gasteiger partial charge in [-0.15, -0.1) is 0 Å². The normalized spacial score (nSPS) is 18.9. The average Bonchev–Trinajstić information content (AvgIpc) is 2.60. The van der Waals surface area contributed by atoms with Gasteiger partial charge in [0.1, 0.15) is 6.04 Å². The van der Waals surface area contributed by atoms with Crippen LogP contribution in [0.25, 0.3) is 0 Å². The van der Waals surface area contributed by atoms with Crippen LogP contribution in [0.2, 0.25) is 5.02 Å². The summed E-state index contributed by atoms with van der Waals surface area (Å²) in [6.45, 7) is 5.56. The van der Waals surface area contributed by atoms with Crippen molar-refractivity contribution in [2.24, 2.45) is 5.92 Å². The monoisotopic (exact) mass is 365 g/mol. The van der Waals surface area contributed by atoms with E-state index >= 15 is 0 Å². The van der Waals surface area contributed by atoms with Crippen LogP contribution < -0.4 is 10.6 Å². The largest absolute Gasteiger partial charge is 0.340 e. The summed E-state index contributed by atoms with van der Waals surface area (Å²) in [7, 11) is 1.92. The number of hydrogen-bond acceptors (Lipinski definition) is 3. The van der Waals surface area contributed by atoms with Crippen LogP contribution in [0, 0.1) is 5.92 Å². The van der Waals surface area contributed by atoms with E-state index in [1.54, 1.807) is 24.3 Å². The van der Waals surface area contributed by atoms with Crippen molar-refractivity contribution < 1.29 is 9.59 Å². The summed E-state index contributed by atoms with van der Waals surface area (Å²) in [5.41, 5.74) is 0.512. The molecular formula is C19H28ClN3O2. The number of hydrogen-bond donors (Lipinski definition) is 2. The van der Waals surface area contributed by atoms with E-state index in [1.165, 1.54) is 0 Å². The van der Waals surface area contributed by atoms with Gasteiger partial charge in [-0.05, 0) is 56.5 Å². The number of nitrogens with zero attached hydrogens (tertiary/aromatic N) is 1. The maximum absolute atomic E-state index is 13.0. The van der Waals surface area contributed by atoms with Gasteiger partial charge in [0.15, 0.2) is 0 Å². The van der Waals surface area contributed by atoms with Crippen molar-refractivity contribution in [3.8, 4) is 0 Å². The number of nitrogens with one attached hydrogen (secondary N) is 2. The summed E-state index contributed by atoms with van der Waals surface area (Å²) in [6.07, 6.45) is 2.68. The predicted octanol–water partition coefficient (Wildman–Crippen LogP) is 2.69. The van der Waals surface area contributed by atoms with Crippen LogP contribution in [0.4, 0.5) is 0 Å². The van der Waals surface area contributed by atoms with E-state index in [1.807, 2.05) is 11.9 Å². The molecule has 1 aliphatic rings. The summed E-state index contributed by atoms with van der Waals surface area (Å²) in [5.74, 6) is 0.0816. The van der Waals surface area contributed by atoms with Crippen molar-refractivity contribution >= 4 is 23.4 Å². The number of rotatable bonds is 6. The first-order chi connectivity index (χ1) is 11.9. The lowest BCUT2D eigenvalue weighted by Gasteiger charge is -2.35. The molecular weight excluding hydrogens is 338 g/mol. The number of carbonyl (C=O) groups is 2. The zero-order chi connectivity index (χ0) is 18.4. The third-order valence-electron chi connectivity index (χ3n) is 4.56. The van der Waals surface area contributed by atoms with Gasteiger partial charge in [0.2, 0.25) is 5.91 Å². The van der Waals surface area contributed by atoms with Crippen molar-refractivity contribution in [2.75, 3.05) is 20.1 Å². The highest BCUT2D eigenvalue weighted by Gasteiger charge is 2.30. The van der Waals surface area contributed by atoms with Gasteiger partial charge in [-0.3, -0.25) is 9.59 Å². The molecule has 1 aliphatic heterocycles. The molecule has 0 aliphatic carbocycles. The fourth-order valence-electron chi connectivity index (χ4n) is 3.17. The van der Waals surface area contributed by atoms with Crippen molar-refractivity contribution in [1.82, 2.24) is 15.5 Å². The minimum absolute atomic E-state index is 0.0102. The lowest BCUT2D eigenvalue weighted by Crippen LogP contribution is -2.54. The first-order valence-corrected chi connectivity index (χ1v) is 9.31. The molecule has 5 nitrogen and oxygen atoms in total. The number of benzene rings is 1. The Morgan fingerprint density at radius 2 is 1.96 bits per heavy atom. The number of amides is 2. The number of likely N-dealkylation sites (N-methyl/N-ethyl adjacent to an activating group) is 1. The second kappa shape index (κ2) is 9.20. The lowest BCUT2D eigenvalue weighted by molar-refractivity contribution is -0.135. The highest BCUT2D eigenvalue weighted by molar-refractivity contribution is 6.30. The van der Waals surface area contributed by atoms with Crippen LogP contribution in [0.15, 0.2) is 24.3 Å². The maximum Gasteiger partial charge on any atom is 0.251 e. The van der Waals surface area contributed by atoms with Gasteiger partial charge in [-0.25, -0.2) is 0 Å². The fraction of sp³-hybridized carbons (Fsp3) is 0.579. The minimum atomic E-state index is -0.501. The topological polar surface area (TPSA) is 61.4 Å². The van der Waals surface area contributed by atoms with E-state index in [4.69, 9.17) is 11.6 Å². The molecule has 0 aromatic heterocycles. The standard InChI is InChI=1S/C19H28ClN3O2/c1-13(2)11-17(19(25)23-10-4-5-16(12-23)21-3)22-18(24)14-6-8-15(20)9-7-14/h6-9,13,16-17,21H,4-5,10-12H2,1-3H3,(H,22,24). The van der Waals surface area contributed by atoms with Gasteiger partial charge in [0, 0.05) is 29.7 Å². The number of likely N-dealkylation sites (tertiary alicyclic amines) is 1. The Kier molecular flexibility index (Phi) is 7.26. The Balaban J connectivity index is 2.08. The molecule has 1 heterocycles. The van der Waals surface area contributed by atoms with Gasteiger partial charge >= 0.3 is 0 Å². The Morgan fingerprint density at radius 1 is 1.28 bits per heavy atom. The quantitative estimate of drug-likeness (QED) is 0.814. The molecule has 0 bridgehead atoms. The molecule has 2 atom stereocenters. The Hall–Kier alpha value is -1.59. The molecule has 1 aromatic carbocycles. The van der Waals surface area contributed by atoms with E-state index in [-0.39, 0.29) is 11.8 Å². The fourth-order valence-corrected chi connectivity index (χ4v) is 3.30. The van der Waals surface area contributed by atoms with Gasteiger partial charge in [-0.1, -0.05) is 25.4 Å². The van der Waals surface area contributed by atoms with Crippen LogP contribution in [0.5, 0.6) is 0 Å². The molecule has 1 aromatic rings. The molecule has 2 amide bonds. The highest BCUT2D eigenvalue weighted by atomic mass is 35.5. The SMILES string of the molecule is CNC1CCCN(C(=O)C(CC(C)C)NC(=O)c2ccc(Cl)cc2)C1. The summed E-state index contributed by atoms with van der Waals surface area (Å²) in [6, 6.07) is 6.53. The van der Waals surface area contributed by atoms with E-state index in [0.29, 0.717) is 35.5 Å². The first-order valence-electron chi connectivity index (χ1n) is 8.93. The first kappa shape index (κ1) is 19.7. The number of halogens is 1. The van der Waals surface area contributed by atoms with E-state index in [9.17, 15) is 9.59 Å². The van der Waals surface area contributed by atoms with Gasteiger partial charge in [0.25, 0.3) is 5.91 Å². The van der Waals surface area contributed by atoms with E-state index in [0.717, 1.165) is 19.4 Å². The molecule has 0 saturated carbocycles. The Labute approximate surface area is 155 Å². The van der Waals surface area contributed by atoms with E-state index in [2.05, 4.69) is 24.5 Å². The Bertz CT molecular complexity index is 589. The Morgan fingerprint density at radius 3 is 2.56 bits per heavy atom.